The summed E-state index contributed by atoms with van der Waals surface area (Å²) in [5.74, 6) is 1.71. The summed E-state index contributed by atoms with van der Waals surface area (Å²) in [6.07, 6.45) is 4.85. The summed E-state index contributed by atoms with van der Waals surface area (Å²) in [5.41, 5.74) is 1.31. The molecule has 0 amide bonds. The maximum absolute atomic E-state index is 13.3. The van der Waals surface area contributed by atoms with Crippen LogP contribution in [0, 0.1) is 5.92 Å². The molecule has 2 aromatic rings. The number of rotatable bonds is 13. The molecule has 1 unspecified atom stereocenters. The monoisotopic (exact) mass is 637 g/mol. The molecule has 2 aromatic carbocycles. The van der Waals surface area contributed by atoms with E-state index >= 15 is 0 Å². The van der Waals surface area contributed by atoms with E-state index in [0.29, 0.717) is 48.9 Å². The molecule has 4 rings (SSSR count). The van der Waals surface area contributed by atoms with E-state index in [4.69, 9.17) is 25.3 Å². The summed E-state index contributed by atoms with van der Waals surface area (Å²) >= 11 is 10.1. The van der Waals surface area contributed by atoms with E-state index in [0.717, 1.165) is 45.3 Å². The van der Waals surface area contributed by atoms with Crippen molar-refractivity contribution in [2.45, 2.75) is 57.0 Å². The fraction of sp³-hybridized carbons (Fsp3) is 0.586. The smallest absolute Gasteiger partial charge is 2.00 e. The molecule has 0 N–H and O–H groups in total. The second-order valence-electron chi connectivity index (χ2n) is 10.1. The van der Waals surface area contributed by atoms with Gasteiger partial charge in [0, 0.05) is 37.5 Å². The van der Waals surface area contributed by atoms with E-state index < -0.39 is 0 Å². The van der Waals surface area contributed by atoms with Crippen molar-refractivity contribution in [2.75, 3.05) is 44.2 Å². The number of benzene rings is 2. The predicted octanol–water partition coefficient (Wildman–Crippen LogP) is 3.18. The Morgan fingerprint density at radius 3 is 2.58 bits per heavy atom. The zero-order valence-electron chi connectivity index (χ0n) is 22.1. The Kier molecular flexibility index (Phi) is 14.3. The van der Waals surface area contributed by atoms with Crippen molar-refractivity contribution >= 4 is 47.7 Å². The largest absolute Gasteiger partial charge is 5.00 e. The van der Waals surface area contributed by atoms with Crippen LogP contribution in [0.1, 0.15) is 50.5 Å². The number of hydrogen-bond acceptors (Lipinski definition) is 7. The van der Waals surface area contributed by atoms with Crippen LogP contribution in [-0.4, -0.2) is 77.8 Å². The number of carbonyl (C=O) groups excluding carboxylic acids is 1. The quantitative estimate of drug-likeness (QED) is 0.190. The molecule has 4 atom stereocenters. The molecule has 6 nitrogen and oxygen atoms in total. The molecule has 0 aromatic heterocycles. The Balaban J connectivity index is 0.00000253. The molecule has 2 aliphatic heterocycles. The van der Waals surface area contributed by atoms with Gasteiger partial charge >= 0.3 is 20.1 Å². The first kappa shape index (κ1) is 33.3. The average molecular weight is 639 g/mol. The maximum Gasteiger partial charge on any atom is 5.00 e. The number of ketones is 1. The predicted molar refractivity (Wildman–Crippen MR) is 152 cm³/mol. The van der Waals surface area contributed by atoms with E-state index in [1.165, 1.54) is 16.3 Å². The van der Waals surface area contributed by atoms with Gasteiger partial charge in [-0.2, -0.15) is 11.5 Å². The van der Waals surface area contributed by atoms with E-state index in [2.05, 4.69) is 57.3 Å². The van der Waals surface area contributed by atoms with Crippen molar-refractivity contribution in [2.24, 2.45) is 10.9 Å². The van der Waals surface area contributed by atoms with Gasteiger partial charge in [0.1, 0.15) is 5.78 Å². The normalized spacial score (nSPS) is 23.3. The zero-order chi connectivity index (χ0) is 25.5. The van der Waals surface area contributed by atoms with Gasteiger partial charge in [0.15, 0.2) is 0 Å². The minimum absolute atomic E-state index is 0. The molecule has 2 aliphatic rings. The Morgan fingerprint density at radius 2 is 1.87 bits per heavy atom. The van der Waals surface area contributed by atoms with Crippen molar-refractivity contribution in [3.05, 3.63) is 48.0 Å². The summed E-state index contributed by atoms with van der Waals surface area (Å²) < 4.78 is 0. The average Bonchev–Trinajstić information content (AvgIpc) is 3.17. The molecular formula is C29H38N3O3S2Tc. The van der Waals surface area contributed by atoms with Gasteiger partial charge < -0.3 is 45.7 Å². The van der Waals surface area contributed by atoms with Gasteiger partial charge in [-0.25, -0.2) is 0 Å². The molecule has 9 heteroatoms. The Hall–Kier alpha value is -0.931. The molecule has 2 heterocycles. The minimum atomic E-state index is -0.104. The van der Waals surface area contributed by atoms with Crippen molar-refractivity contribution in [3.63, 3.8) is 0 Å². The van der Waals surface area contributed by atoms with Crippen LogP contribution in [0.3, 0.4) is 0 Å². The number of hydrogen-bond donors (Lipinski definition) is 0. The van der Waals surface area contributed by atoms with Crippen LogP contribution in [0.2, 0.25) is 0 Å². The molecule has 0 radical (unpaired) electrons. The summed E-state index contributed by atoms with van der Waals surface area (Å²) in [4.78, 5) is 22.1. The zero-order valence-corrected chi connectivity index (χ0v) is 25.6. The van der Waals surface area contributed by atoms with Crippen LogP contribution in [0.4, 0.5) is 0 Å². The molecule has 0 spiro atoms. The van der Waals surface area contributed by atoms with E-state index in [-0.39, 0.29) is 43.3 Å². The van der Waals surface area contributed by atoms with Crippen molar-refractivity contribution in [1.29, 1.82) is 0 Å². The first-order chi connectivity index (χ1) is 17.5. The fourth-order valence-electron chi connectivity index (χ4n) is 6.41. The third-order valence-electron chi connectivity index (χ3n) is 8.02. The maximum atomic E-state index is 13.3. The van der Waals surface area contributed by atoms with Crippen molar-refractivity contribution in [3.8, 4) is 0 Å². The second kappa shape index (κ2) is 16.4. The first-order valence-electron chi connectivity index (χ1n) is 13.4. The molecule has 2 fully saturated rings. The summed E-state index contributed by atoms with van der Waals surface area (Å²) in [7, 11) is 0. The molecule has 0 aliphatic carbocycles. The third-order valence-corrected chi connectivity index (χ3v) is 8.39. The first-order valence-corrected chi connectivity index (χ1v) is 14.6. The number of fused-ring (bicyclic) bond motifs is 3. The van der Waals surface area contributed by atoms with Gasteiger partial charge in [0.05, 0.1) is 0 Å². The van der Waals surface area contributed by atoms with Gasteiger partial charge in [-0.3, -0.25) is 9.69 Å². The summed E-state index contributed by atoms with van der Waals surface area (Å²) in [6, 6.07) is 16.1. The van der Waals surface area contributed by atoms with Crippen LogP contribution in [0.25, 0.3) is 10.8 Å². The number of Topliss-reactive ketones (excluding diaryl/α,β-unsaturated/α-hetero) is 1. The van der Waals surface area contributed by atoms with E-state index in [9.17, 15) is 9.90 Å². The summed E-state index contributed by atoms with van der Waals surface area (Å²) in [6.45, 7) is 5.24. The van der Waals surface area contributed by atoms with E-state index in [1.807, 2.05) is 6.92 Å². The van der Waals surface area contributed by atoms with Crippen LogP contribution in [0.5, 0.6) is 0 Å². The third kappa shape index (κ3) is 8.06. The molecule has 206 valence electrons. The van der Waals surface area contributed by atoms with Crippen LogP contribution < -0.4 is 5.11 Å². The number of piperidine rings is 1. The van der Waals surface area contributed by atoms with Gasteiger partial charge in [-0.15, -0.1) is 0 Å². The Morgan fingerprint density at radius 1 is 1.11 bits per heavy atom. The molecule has 38 heavy (non-hydrogen) atoms. The van der Waals surface area contributed by atoms with Gasteiger partial charge in [0.2, 0.25) is 0 Å². The van der Waals surface area contributed by atoms with Crippen molar-refractivity contribution in [1.82, 2.24) is 9.80 Å². The van der Waals surface area contributed by atoms with Gasteiger partial charge in [-0.1, -0.05) is 49.4 Å². The van der Waals surface area contributed by atoms with Crippen LogP contribution >= 0.6 is 0 Å². The topological polar surface area (TPSA) is 87.5 Å². The Labute approximate surface area is 252 Å². The molecule has 0 saturated carbocycles. The molecule has 2 bridgehead atoms. The molecule has 2 saturated heterocycles. The van der Waals surface area contributed by atoms with Gasteiger partial charge in [0.25, 0.3) is 0 Å². The van der Waals surface area contributed by atoms with Crippen molar-refractivity contribution < 1.29 is 35.5 Å². The summed E-state index contributed by atoms with van der Waals surface area (Å²) in [5, 5.41) is 14.6. The Bertz CT molecular complexity index is 1060. The van der Waals surface area contributed by atoms with Crippen LogP contribution in [-0.2, 0) is 55.6 Å². The number of carbonyl (C=O) groups is 1. The number of nitrogens with zero attached hydrogens (tertiary/aromatic N) is 3. The van der Waals surface area contributed by atoms with E-state index in [1.54, 1.807) is 0 Å². The van der Waals surface area contributed by atoms with Crippen LogP contribution in [0.15, 0.2) is 47.5 Å². The molecular weight excluding hydrogens is 600 g/mol. The van der Waals surface area contributed by atoms with Gasteiger partial charge in [-0.05, 0) is 73.5 Å². The standard InChI is InChI=1S/C29H41N3O2S2.O.Tc/c1-2-27(33)29-25(23-9-8-21-6-3-4-7-22(21)18-23)19-24-10-11-26(29)32(24)14-5-13-31(15-17-36)20-28(34)30-12-16-35;;/h3-4,6-9,18,24-26,29,35-36H,2,5,10-17,19-20H2,1H3,(H,30,34);;/q;-2;+5/p-3/t24?,25-,26-,29+;;/m1../s1. The minimum Gasteiger partial charge on any atom is -2.00 e. The fourth-order valence-corrected chi connectivity index (χ4v) is 6.75. The number of aliphatic imine (C=N–C) groups is 1. The SMILES string of the molecule is CCC(=O)[C@H]1[C@@H](c2ccc3ccccc3c2)CC2CC[C@H]1N2CCCN(CC[S-])CC([O-])=NCC[S-].[O-2].[Tc+5]. The second-order valence-corrected chi connectivity index (χ2v) is 11.0.